The molecule has 0 saturated carbocycles. The van der Waals surface area contributed by atoms with Crippen molar-refractivity contribution in [1.29, 1.82) is 0 Å². The summed E-state index contributed by atoms with van der Waals surface area (Å²) in [5, 5.41) is 9.73. The summed E-state index contributed by atoms with van der Waals surface area (Å²) in [5.74, 6) is 0.339. The number of hydrogen-bond acceptors (Lipinski definition) is 2. The minimum absolute atomic E-state index is 0.339. The molecule has 0 N–H and O–H groups in total. The van der Waals surface area contributed by atoms with E-state index in [0.29, 0.717) is 5.92 Å². The second-order valence-corrected chi connectivity index (χ2v) is 17.3. The molecule has 10 aromatic carbocycles. The number of benzene rings is 10. The van der Waals surface area contributed by atoms with Crippen LogP contribution in [0.2, 0.25) is 0 Å². The van der Waals surface area contributed by atoms with E-state index < -0.39 is 0 Å². The third kappa shape index (κ3) is 6.35. The zero-order valence-corrected chi connectivity index (χ0v) is 35.6. The second-order valence-electron chi connectivity index (χ2n) is 17.3. The fraction of sp³-hybridized carbons (Fsp3) is 0.0323. The number of para-hydroxylation sites is 2. The van der Waals surface area contributed by atoms with E-state index >= 15 is 0 Å². The molecule has 1 unspecified atom stereocenters. The third-order valence-electron chi connectivity index (χ3n) is 13.5. The Balaban J connectivity index is 0.734. The maximum atomic E-state index is 5.24. The molecule has 0 amide bonds. The normalized spacial score (nSPS) is 14.0. The first-order chi connectivity index (χ1) is 32.2. The van der Waals surface area contributed by atoms with E-state index in [1.807, 2.05) is 6.20 Å². The third-order valence-corrected chi connectivity index (χ3v) is 13.5. The van der Waals surface area contributed by atoms with Gasteiger partial charge in [0.1, 0.15) is 0 Å². The van der Waals surface area contributed by atoms with E-state index in [9.17, 15) is 0 Å². The minimum Gasteiger partial charge on any atom is -0.309 e. The Kier molecular flexibility index (Phi) is 8.67. The molecule has 0 spiro atoms. The number of aromatic nitrogens is 3. The van der Waals surface area contributed by atoms with Crippen molar-refractivity contribution < 1.29 is 0 Å². The number of allylic oxidation sites excluding steroid dienone is 4. The van der Waals surface area contributed by atoms with Gasteiger partial charge in [0, 0.05) is 38.7 Å². The molecule has 3 nitrogen and oxygen atoms in total. The van der Waals surface area contributed by atoms with Crippen LogP contribution in [0.15, 0.2) is 231 Å². The van der Waals surface area contributed by atoms with E-state index in [0.717, 1.165) is 45.0 Å². The Hall–Kier alpha value is -8.40. The highest BCUT2D eigenvalue weighted by atomic mass is 15.0. The summed E-state index contributed by atoms with van der Waals surface area (Å²) in [4.78, 5) is 10.2. The van der Waals surface area contributed by atoms with Crippen LogP contribution in [0.5, 0.6) is 0 Å². The highest BCUT2D eigenvalue weighted by Crippen LogP contribution is 2.39. The lowest BCUT2D eigenvalue weighted by Crippen LogP contribution is -1.99. The predicted molar refractivity (Wildman–Crippen MR) is 274 cm³/mol. The van der Waals surface area contributed by atoms with Crippen LogP contribution in [0.3, 0.4) is 0 Å². The Morgan fingerprint density at radius 2 is 1.03 bits per heavy atom. The summed E-state index contributed by atoms with van der Waals surface area (Å²) >= 11 is 0. The smallest absolute Gasteiger partial charge is 0.0979 e. The van der Waals surface area contributed by atoms with Gasteiger partial charge >= 0.3 is 0 Å². The molecular weight excluding hydrogens is 787 g/mol. The first-order valence-corrected chi connectivity index (χ1v) is 22.5. The standard InChI is InChI=1S/C62H41N3/c1-2-13-51(14-3-1)65-59-20-9-8-17-54(59)57-38-49(33-34-60(57)65)43-27-25-42(26-28-43)46-30-32-47-35-45(29-31-48(47)36-46)41-23-21-40(22-24-41)44-11-10-12-50(37-44)58-39-63-61-55-18-6-4-15-52(55)53-16-5-7-19-56(53)62(61)64-58/h1-25,27-39,42H,26H2. The van der Waals surface area contributed by atoms with Crippen molar-refractivity contribution >= 4 is 70.7 Å². The van der Waals surface area contributed by atoms with E-state index in [1.165, 1.54) is 82.4 Å². The lowest BCUT2D eigenvalue weighted by Gasteiger charge is -2.18. The zero-order valence-electron chi connectivity index (χ0n) is 35.6. The SMILES string of the molecule is C1=CC(c2ccc3cc(-c4ccc(-c5cccc(-c6cnc7c8ccccc8c8ccccc8c7n6)c5)cc4)ccc3c2)CC=C1c1ccc2c(c1)c1ccccc1n2-c1ccccc1. The van der Waals surface area contributed by atoms with Crippen LogP contribution in [0.4, 0.5) is 0 Å². The molecule has 0 aliphatic heterocycles. The van der Waals surface area contributed by atoms with Crippen molar-refractivity contribution in [2.75, 3.05) is 0 Å². The summed E-state index contributed by atoms with van der Waals surface area (Å²) in [5.41, 5.74) is 16.1. The highest BCUT2D eigenvalue weighted by Gasteiger charge is 2.17. The molecule has 304 valence electrons. The molecule has 3 heteroatoms. The predicted octanol–water partition coefficient (Wildman–Crippen LogP) is 16.3. The van der Waals surface area contributed by atoms with Gasteiger partial charge in [-0.2, -0.15) is 0 Å². The highest BCUT2D eigenvalue weighted by molar-refractivity contribution is 6.23. The summed E-state index contributed by atoms with van der Waals surface area (Å²) in [6.45, 7) is 0. The van der Waals surface area contributed by atoms with Crippen LogP contribution in [0.1, 0.15) is 23.5 Å². The molecular formula is C62H41N3. The fourth-order valence-electron chi connectivity index (χ4n) is 10.2. The molecule has 12 aromatic rings. The van der Waals surface area contributed by atoms with Crippen molar-refractivity contribution in [2.24, 2.45) is 0 Å². The van der Waals surface area contributed by atoms with Crippen LogP contribution in [-0.4, -0.2) is 14.5 Å². The van der Waals surface area contributed by atoms with E-state index in [2.05, 4.69) is 229 Å². The Morgan fingerprint density at radius 1 is 0.415 bits per heavy atom. The Morgan fingerprint density at radius 3 is 1.80 bits per heavy atom. The largest absolute Gasteiger partial charge is 0.309 e. The Labute approximate surface area is 376 Å². The van der Waals surface area contributed by atoms with Crippen molar-refractivity contribution in [1.82, 2.24) is 14.5 Å². The summed E-state index contributed by atoms with van der Waals surface area (Å²) in [7, 11) is 0. The average Bonchev–Trinajstić information content (AvgIpc) is 3.72. The lowest BCUT2D eigenvalue weighted by atomic mass is 9.87. The van der Waals surface area contributed by atoms with E-state index in [1.54, 1.807) is 0 Å². The summed E-state index contributed by atoms with van der Waals surface area (Å²) in [6, 6.07) is 74.7. The zero-order chi connectivity index (χ0) is 42.8. The summed E-state index contributed by atoms with van der Waals surface area (Å²) in [6.07, 6.45) is 10.0. The molecule has 1 aliphatic rings. The van der Waals surface area contributed by atoms with Gasteiger partial charge < -0.3 is 4.57 Å². The van der Waals surface area contributed by atoms with Gasteiger partial charge in [0.25, 0.3) is 0 Å². The lowest BCUT2D eigenvalue weighted by molar-refractivity contribution is 0.858. The van der Waals surface area contributed by atoms with Crippen molar-refractivity contribution in [3.63, 3.8) is 0 Å². The van der Waals surface area contributed by atoms with Crippen LogP contribution in [-0.2, 0) is 0 Å². The number of rotatable bonds is 6. The van der Waals surface area contributed by atoms with Crippen molar-refractivity contribution in [2.45, 2.75) is 12.3 Å². The van der Waals surface area contributed by atoms with Gasteiger partial charge in [-0.1, -0.05) is 182 Å². The molecule has 0 bridgehead atoms. The van der Waals surface area contributed by atoms with Crippen LogP contribution in [0.25, 0.3) is 110 Å². The maximum Gasteiger partial charge on any atom is 0.0979 e. The monoisotopic (exact) mass is 827 g/mol. The van der Waals surface area contributed by atoms with Crippen LogP contribution in [0, 0.1) is 0 Å². The molecule has 0 radical (unpaired) electrons. The van der Waals surface area contributed by atoms with Gasteiger partial charge in [-0.05, 0) is 109 Å². The van der Waals surface area contributed by atoms with Gasteiger partial charge in [-0.3, -0.25) is 4.98 Å². The van der Waals surface area contributed by atoms with Gasteiger partial charge in [-0.15, -0.1) is 0 Å². The molecule has 65 heavy (non-hydrogen) atoms. The van der Waals surface area contributed by atoms with Crippen LogP contribution < -0.4 is 0 Å². The van der Waals surface area contributed by atoms with E-state index in [4.69, 9.17) is 9.97 Å². The fourth-order valence-corrected chi connectivity index (χ4v) is 10.2. The first-order valence-electron chi connectivity index (χ1n) is 22.5. The maximum absolute atomic E-state index is 5.24. The molecule has 1 atom stereocenters. The van der Waals surface area contributed by atoms with Crippen molar-refractivity contribution in [3.8, 4) is 39.2 Å². The summed E-state index contributed by atoms with van der Waals surface area (Å²) < 4.78 is 2.38. The van der Waals surface area contributed by atoms with Gasteiger partial charge in [-0.25, -0.2) is 4.98 Å². The van der Waals surface area contributed by atoms with E-state index in [-0.39, 0.29) is 0 Å². The topological polar surface area (TPSA) is 30.7 Å². The number of fused-ring (bicyclic) bond motifs is 10. The quantitative estimate of drug-likeness (QED) is 0.156. The molecule has 2 heterocycles. The number of nitrogens with zero attached hydrogens (tertiary/aromatic N) is 3. The van der Waals surface area contributed by atoms with Gasteiger partial charge in [0.15, 0.2) is 0 Å². The Bertz CT molecular complexity index is 3880. The van der Waals surface area contributed by atoms with Crippen molar-refractivity contribution in [3.05, 3.63) is 242 Å². The van der Waals surface area contributed by atoms with Gasteiger partial charge in [0.05, 0.1) is 34.0 Å². The first kappa shape index (κ1) is 37.2. The molecule has 0 fully saturated rings. The van der Waals surface area contributed by atoms with Crippen LogP contribution >= 0.6 is 0 Å². The second kappa shape index (κ2) is 15.1. The molecule has 0 saturated heterocycles. The number of hydrogen-bond donors (Lipinski definition) is 0. The molecule has 2 aromatic heterocycles. The van der Waals surface area contributed by atoms with Gasteiger partial charge in [0.2, 0.25) is 0 Å². The average molecular weight is 828 g/mol. The molecule has 1 aliphatic carbocycles. The molecule has 13 rings (SSSR count). The minimum atomic E-state index is 0.339.